The Morgan fingerprint density at radius 1 is 1.40 bits per heavy atom. The molecular weight excluding hydrogens is 250 g/mol. The second-order valence-corrected chi connectivity index (χ2v) is 5.97. The van der Waals surface area contributed by atoms with E-state index in [9.17, 15) is 0 Å². The van der Waals surface area contributed by atoms with E-state index in [1.54, 1.807) is 0 Å². The van der Waals surface area contributed by atoms with Crippen LogP contribution in [0.25, 0.3) is 0 Å². The van der Waals surface area contributed by atoms with E-state index in [4.69, 9.17) is 4.74 Å². The van der Waals surface area contributed by atoms with Gasteiger partial charge in [-0.1, -0.05) is 6.92 Å². The van der Waals surface area contributed by atoms with Gasteiger partial charge in [0.1, 0.15) is 0 Å². The van der Waals surface area contributed by atoms with Crippen LogP contribution in [-0.4, -0.2) is 55.3 Å². The van der Waals surface area contributed by atoms with Gasteiger partial charge < -0.3 is 14.5 Å². The first-order valence-corrected chi connectivity index (χ1v) is 7.78. The molecule has 1 saturated carbocycles. The van der Waals surface area contributed by atoms with Crippen molar-refractivity contribution in [1.82, 2.24) is 9.88 Å². The minimum Gasteiger partial charge on any atom is -0.373 e. The zero-order valence-corrected chi connectivity index (χ0v) is 12.6. The molecule has 1 saturated heterocycles. The monoisotopic (exact) mass is 275 g/mol. The Hall–Kier alpha value is -1.13. The SMILES string of the molecule is CCc1ccc(N2CCO[C@@H](CN(C)C3CC3)C2)cn1. The number of aromatic nitrogens is 1. The molecule has 0 unspecified atom stereocenters. The summed E-state index contributed by atoms with van der Waals surface area (Å²) in [5.41, 5.74) is 2.39. The number of rotatable bonds is 5. The first-order valence-electron chi connectivity index (χ1n) is 7.78. The summed E-state index contributed by atoms with van der Waals surface area (Å²) in [4.78, 5) is 9.36. The fraction of sp³-hybridized carbons (Fsp3) is 0.688. The Bertz CT molecular complexity index is 430. The van der Waals surface area contributed by atoms with Crippen LogP contribution in [0.4, 0.5) is 5.69 Å². The molecule has 4 nitrogen and oxygen atoms in total. The number of anilines is 1. The van der Waals surface area contributed by atoms with Crippen molar-refractivity contribution in [3.05, 3.63) is 24.0 Å². The fourth-order valence-corrected chi connectivity index (χ4v) is 2.86. The largest absolute Gasteiger partial charge is 0.373 e. The zero-order chi connectivity index (χ0) is 13.9. The molecule has 4 heteroatoms. The number of hydrogen-bond acceptors (Lipinski definition) is 4. The highest BCUT2D eigenvalue weighted by molar-refractivity contribution is 5.45. The van der Waals surface area contributed by atoms with E-state index in [0.29, 0.717) is 6.10 Å². The van der Waals surface area contributed by atoms with Crippen molar-refractivity contribution in [3.63, 3.8) is 0 Å². The van der Waals surface area contributed by atoms with Crippen LogP contribution in [0.5, 0.6) is 0 Å². The number of ether oxygens (including phenoxy) is 1. The minimum absolute atomic E-state index is 0.320. The average molecular weight is 275 g/mol. The van der Waals surface area contributed by atoms with E-state index in [2.05, 4.69) is 40.9 Å². The van der Waals surface area contributed by atoms with Gasteiger partial charge >= 0.3 is 0 Å². The third-order valence-corrected chi connectivity index (χ3v) is 4.34. The molecule has 2 aliphatic rings. The number of morpholine rings is 1. The summed E-state index contributed by atoms with van der Waals surface area (Å²) in [7, 11) is 2.22. The number of nitrogens with zero attached hydrogens (tertiary/aromatic N) is 3. The molecule has 3 rings (SSSR count). The topological polar surface area (TPSA) is 28.6 Å². The summed E-state index contributed by atoms with van der Waals surface area (Å²) < 4.78 is 5.92. The van der Waals surface area contributed by atoms with Crippen molar-refractivity contribution >= 4 is 5.69 Å². The summed E-state index contributed by atoms with van der Waals surface area (Å²) in [6, 6.07) is 5.13. The predicted molar refractivity (Wildman–Crippen MR) is 81.2 cm³/mol. The van der Waals surface area contributed by atoms with Gasteiger partial charge in [0.25, 0.3) is 0 Å². The zero-order valence-electron chi connectivity index (χ0n) is 12.6. The van der Waals surface area contributed by atoms with E-state index in [0.717, 1.165) is 44.4 Å². The number of pyridine rings is 1. The molecule has 0 aromatic carbocycles. The quantitative estimate of drug-likeness (QED) is 0.821. The molecule has 0 spiro atoms. The van der Waals surface area contributed by atoms with Crippen LogP contribution in [0.1, 0.15) is 25.5 Å². The Balaban J connectivity index is 1.58. The number of likely N-dealkylation sites (N-methyl/N-ethyl adjacent to an activating group) is 1. The third kappa shape index (κ3) is 3.30. The molecule has 20 heavy (non-hydrogen) atoms. The van der Waals surface area contributed by atoms with Crippen LogP contribution >= 0.6 is 0 Å². The van der Waals surface area contributed by atoms with Gasteiger partial charge in [-0.25, -0.2) is 0 Å². The van der Waals surface area contributed by atoms with Crippen molar-refractivity contribution in [1.29, 1.82) is 0 Å². The van der Waals surface area contributed by atoms with Crippen LogP contribution in [-0.2, 0) is 11.2 Å². The molecule has 0 radical (unpaired) electrons. The van der Waals surface area contributed by atoms with Gasteiger partial charge in [0.05, 0.1) is 24.6 Å². The van der Waals surface area contributed by atoms with Gasteiger partial charge in [0.15, 0.2) is 0 Å². The maximum absolute atomic E-state index is 5.92. The summed E-state index contributed by atoms with van der Waals surface area (Å²) >= 11 is 0. The molecule has 0 bridgehead atoms. The Kier molecular flexibility index (Phi) is 4.22. The molecule has 0 N–H and O–H groups in total. The van der Waals surface area contributed by atoms with E-state index in [1.165, 1.54) is 18.5 Å². The van der Waals surface area contributed by atoms with Gasteiger partial charge in [-0.2, -0.15) is 0 Å². The van der Waals surface area contributed by atoms with Gasteiger partial charge in [-0.15, -0.1) is 0 Å². The number of hydrogen-bond donors (Lipinski definition) is 0. The summed E-state index contributed by atoms with van der Waals surface area (Å²) in [5, 5.41) is 0. The van der Waals surface area contributed by atoms with Crippen molar-refractivity contribution in [2.75, 3.05) is 38.2 Å². The van der Waals surface area contributed by atoms with E-state index >= 15 is 0 Å². The first kappa shape index (κ1) is 13.8. The number of aryl methyl sites for hydroxylation is 1. The van der Waals surface area contributed by atoms with E-state index < -0.39 is 0 Å². The fourth-order valence-electron chi connectivity index (χ4n) is 2.86. The van der Waals surface area contributed by atoms with Crippen molar-refractivity contribution in [2.45, 2.75) is 38.3 Å². The second kappa shape index (κ2) is 6.10. The normalized spacial score (nSPS) is 23.4. The lowest BCUT2D eigenvalue weighted by Crippen LogP contribution is -2.47. The van der Waals surface area contributed by atoms with Crippen molar-refractivity contribution in [3.8, 4) is 0 Å². The van der Waals surface area contributed by atoms with Crippen molar-refractivity contribution in [2.24, 2.45) is 0 Å². The summed E-state index contributed by atoms with van der Waals surface area (Å²) in [6.45, 7) is 5.95. The third-order valence-electron chi connectivity index (χ3n) is 4.34. The Labute approximate surface area is 121 Å². The first-order chi connectivity index (χ1) is 9.76. The highest BCUT2D eigenvalue weighted by Gasteiger charge is 2.29. The molecule has 0 amide bonds. The second-order valence-electron chi connectivity index (χ2n) is 5.97. The molecule has 2 heterocycles. The molecule has 1 atom stereocenters. The van der Waals surface area contributed by atoms with E-state index in [-0.39, 0.29) is 0 Å². The molecule has 1 aromatic rings. The lowest BCUT2D eigenvalue weighted by molar-refractivity contribution is 0.0192. The van der Waals surface area contributed by atoms with Gasteiger partial charge in [-0.3, -0.25) is 4.98 Å². The van der Waals surface area contributed by atoms with Crippen LogP contribution < -0.4 is 4.90 Å². The van der Waals surface area contributed by atoms with Crippen LogP contribution in [0, 0.1) is 0 Å². The smallest absolute Gasteiger partial charge is 0.0877 e. The molecule has 2 fully saturated rings. The molecule has 1 aromatic heterocycles. The maximum atomic E-state index is 5.92. The molecule has 1 aliphatic carbocycles. The average Bonchev–Trinajstić information content (AvgIpc) is 3.32. The van der Waals surface area contributed by atoms with Crippen molar-refractivity contribution < 1.29 is 4.74 Å². The lowest BCUT2D eigenvalue weighted by atomic mass is 10.2. The summed E-state index contributed by atoms with van der Waals surface area (Å²) in [5.74, 6) is 0. The van der Waals surface area contributed by atoms with Crippen LogP contribution in [0.3, 0.4) is 0 Å². The standard InChI is InChI=1S/C16H25N3O/c1-3-13-4-5-15(10-17-13)19-8-9-20-16(12-19)11-18(2)14-6-7-14/h4-5,10,14,16H,3,6-9,11-12H2,1-2H3/t16-/m0/s1. The van der Waals surface area contributed by atoms with Gasteiger partial charge in [-0.05, 0) is 38.4 Å². The van der Waals surface area contributed by atoms with Crippen LogP contribution in [0.2, 0.25) is 0 Å². The lowest BCUT2D eigenvalue weighted by Gasteiger charge is -2.36. The summed E-state index contributed by atoms with van der Waals surface area (Å²) in [6.07, 6.45) is 6.04. The van der Waals surface area contributed by atoms with Crippen LogP contribution in [0.15, 0.2) is 18.3 Å². The van der Waals surface area contributed by atoms with E-state index in [1.807, 2.05) is 6.20 Å². The molecular formula is C16H25N3O. The molecule has 1 aliphatic heterocycles. The highest BCUT2D eigenvalue weighted by Crippen LogP contribution is 2.26. The minimum atomic E-state index is 0.320. The predicted octanol–water partition coefficient (Wildman–Crippen LogP) is 1.94. The Morgan fingerprint density at radius 2 is 2.25 bits per heavy atom. The molecule has 110 valence electrons. The van der Waals surface area contributed by atoms with Gasteiger partial charge in [0.2, 0.25) is 0 Å². The van der Waals surface area contributed by atoms with Gasteiger partial charge in [0, 0.05) is 31.4 Å². The maximum Gasteiger partial charge on any atom is 0.0877 e. The Morgan fingerprint density at radius 3 is 2.90 bits per heavy atom. The highest BCUT2D eigenvalue weighted by atomic mass is 16.5.